The molecule has 5 fully saturated rings. The van der Waals surface area contributed by atoms with E-state index in [-0.39, 0.29) is 33.5 Å². The summed E-state index contributed by atoms with van der Waals surface area (Å²) in [7, 11) is 1.34. The number of carbonyl (C=O) groups excluding carboxylic acids is 2. The Balaban J connectivity index is 1.27. The zero-order chi connectivity index (χ0) is 29.2. The number of aromatic nitrogens is 2. The first kappa shape index (κ1) is 27.0. The molecule has 1 aliphatic heterocycles. The summed E-state index contributed by atoms with van der Waals surface area (Å²) in [6.07, 6.45) is 8.19. The highest BCUT2D eigenvalue weighted by atomic mass is 19.1. The number of hydrogen-bond donors (Lipinski definition) is 0. The largest absolute Gasteiger partial charge is 0.453 e. The van der Waals surface area contributed by atoms with E-state index in [4.69, 9.17) is 9.72 Å². The zero-order valence-corrected chi connectivity index (χ0v) is 23.7. The molecule has 3 aromatic rings. The molecule has 8 rings (SSSR count). The first-order valence-corrected chi connectivity index (χ1v) is 14.8. The highest BCUT2D eigenvalue weighted by Gasteiger charge is 2.51. The van der Waals surface area contributed by atoms with Crippen LogP contribution in [0, 0.1) is 34.8 Å². The number of anilines is 1. The minimum Gasteiger partial charge on any atom is -0.453 e. The van der Waals surface area contributed by atoms with E-state index >= 15 is 4.39 Å². The molecule has 0 unspecified atom stereocenters. The lowest BCUT2D eigenvalue weighted by atomic mass is 9.48. The Bertz CT molecular complexity index is 1610. The van der Waals surface area contributed by atoms with E-state index in [1.54, 1.807) is 17.0 Å². The van der Waals surface area contributed by atoms with Crippen LogP contribution in [0.2, 0.25) is 0 Å². The van der Waals surface area contributed by atoms with Gasteiger partial charge in [-0.2, -0.15) is 0 Å². The lowest BCUT2D eigenvalue weighted by Crippen LogP contribution is -2.49. The minimum absolute atomic E-state index is 0.00501. The Morgan fingerprint density at radius 3 is 2.26 bits per heavy atom. The number of pyridine rings is 2. The van der Waals surface area contributed by atoms with Crippen LogP contribution in [-0.4, -0.2) is 59.6 Å². The molecule has 1 saturated heterocycles. The molecule has 0 radical (unpaired) electrons. The molecule has 4 aliphatic carbocycles. The lowest BCUT2D eigenvalue weighted by molar-refractivity contribution is -0.0524. The predicted molar refractivity (Wildman–Crippen MR) is 153 cm³/mol. The second kappa shape index (κ2) is 10.2. The van der Waals surface area contributed by atoms with Crippen LogP contribution in [0.1, 0.15) is 55.3 Å². The number of nitrogens with zero attached hydrogens (tertiary/aromatic N) is 4. The smallest absolute Gasteiger partial charge is 0.409 e. The molecule has 220 valence electrons. The van der Waals surface area contributed by atoms with Gasteiger partial charge in [0.25, 0.3) is 0 Å². The van der Waals surface area contributed by atoms with Crippen molar-refractivity contribution >= 4 is 28.7 Å². The topological polar surface area (TPSA) is 84.7 Å². The van der Waals surface area contributed by atoms with Crippen molar-refractivity contribution in [2.75, 3.05) is 38.2 Å². The Kier molecular flexibility index (Phi) is 6.55. The SMILES string of the molecule is COC(=O)N1CCN(c2ccc3c(=O)c(C(=O)CC45CC6CC(CC(C6)C4)C5)cn(-c4ccc(F)cc4F)c3n2)CC1. The summed E-state index contributed by atoms with van der Waals surface area (Å²) < 4.78 is 35.3. The fraction of sp³-hybridized carbons (Fsp3) is 0.500. The second-order valence-corrected chi connectivity index (χ2v) is 12.8. The fourth-order valence-electron chi connectivity index (χ4n) is 8.62. The molecule has 0 spiro atoms. The van der Waals surface area contributed by atoms with Gasteiger partial charge in [0.1, 0.15) is 17.5 Å². The molecule has 0 atom stereocenters. The molecule has 3 heterocycles. The zero-order valence-electron chi connectivity index (χ0n) is 23.7. The molecule has 8 nitrogen and oxygen atoms in total. The number of amides is 1. The number of benzene rings is 1. The molecular weight excluding hydrogens is 542 g/mol. The normalized spacial score (nSPS) is 26.6. The van der Waals surface area contributed by atoms with Crippen LogP contribution in [0.25, 0.3) is 16.7 Å². The molecule has 1 aromatic carbocycles. The Hall–Kier alpha value is -3.82. The number of piperazine rings is 1. The summed E-state index contributed by atoms with van der Waals surface area (Å²) >= 11 is 0. The minimum atomic E-state index is -0.821. The third-order valence-electron chi connectivity index (χ3n) is 10.0. The maximum absolute atomic E-state index is 15.2. The first-order chi connectivity index (χ1) is 20.2. The van der Waals surface area contributed by atoms with Gasteiger partial charge in [0.15, 0.2) is 11.4 Å². The summed E-state index contributed by atoms with van der Waals surface area (Å²) in [4.78, 5) is 48.0. The number of halogens is 2. The van der Waals surface area contributed by atoms with Crippen LogP contribution >= 0.6 is 0 Å². The molecule has 5 aliphatic rings. The highest BCUT2D eigenvalue weighted by Crippen LogP contribution is 2.61. The van der Waals surface area contributed by atoms with E-state index in [2.05, 4.69) is 0 Å². The molecule has 42 heavy (non-hydrogen) atoms. The molecule has 0 N–H and O–H groups in total. The third-order valence-corrected chi connectivity index (χ3v) is 10.0. The molecule has 1 amide bonds. The van der Waals surface area contributed by atoms with Gasteiger partial charge in [0, 0.05) is 44.9 Å². The van der Waals surface area contributed by atoms with Crippen molar-refractivity contribution in [3.05, 3.63) is 63.9 Å². The highest BCUT2D eigenvalue weighted by molar-refractivity contribution is 5.99. The van der Waals surface area contributed by atoms with Crippen molar-refractivity contribution in [1.29, 1.82) is 0 Å². The Morgan fingerprint density at radius 2 is 1.64 bits per heavy atom. The summed E-state index contributed by atoms with van der Waals surface area (Å²) in [5.74, 6) is 0.793. The average Bonchev–Trinajstić information content (AvgIpc) is 2.96. The monoisotopic (exact) mass is 576 g/mol. The van der Waals surface area contributed by atoms with Gasteiger partial charge in [0.05, 0.1) is 23.7 Å². The van der Waals surface area contributed by atoms with Crippen LogP contribution in [0.4, 0.5) is 19.4 Å². The molecule has 4 saturated carbocycles. The number of ketones is 1. The van der Waals surface area contributed by atoms with Gasteiger partial charge in [0.2, 0.25) is 5.43 Å². The maximum atomic E-state index is 15.2. The van der Waals surface area contributed by atoms with Crippen molar-refractivity contribution < 1.29 is 23.1 Å². The molecule has 2 aromatic heterocycles. The fourth-order valence-corrected chi connectivity index (χ4v) is 8.62. The third kappa shape index (κ3) is 4.65. The van der Waals surface area contributed by atoms with Crippen molar-refractivity contribution in [1.82, 2.24) is 14.5 Å². The molecular formula is C32H34F2N4O4. The second-order valence-electron chi connectivity index (χ2n) is 12.8. The van der Waals surface area contributed by atoms with Crippen LogP contribution < -0.4 is 10.3 Å². The van der Waals surface area contributed by atoms with Crippen LogP contribution in [-0.2, 0) is 4.74 Å². The summed E-state index contributed by atoms with van der Waals surface area (Å²) in [5, 5.41) is 0.201. The van der Waals surface area contributed by atoms with Crippen LogP contribution in [0.5, 0.6) is 0 Å². The van der Waals surface area contributed by atoms with E-state index in [1.807, 2.05) is 4.90 Å². The van der Waals surface area contributed by atoms with Crippen molar-refractivity contribution in [3.63, 3.8) is 0 Å². The van der Waals surface area contributed by atoms with Crippen molar-refractivity contribution in [3.8, 4) is 5.69 Å². The van der Waals surface area contributed by atoms with E-state index < -0.39 is 23.2 Å². The first-order valence-electron chi connectivity index (χ1n) is 14.8. The van der Waals surface area contributed by atoms with Gasteiger partial charge in [-0.1, -0.05) is 0 Å². The van der Waals surface area contributed by atoms with Crippen LogP contribution in [0.3, 0.4) is 0 Å². The summed E-state index contributed by atoms with van der Waals surface area (Å²) in [6, 6.07) is 6.58. The van der Waals surface area contributed by atoms with Gasteiger partial charge in [-0.15, -0.1) is 0 Å². The number of ether oxygens (including phenoxy) is 1. The van der Waals surface area contributed by atoms with Gasteiger partial charge in [-0.05, 0) is 86.0 Å². The Labute approximate surface area is 242 Å². The number of fused-ring (bicyclic) bond motifs is 1. The predicted octanol–water partition coefficient (Wildman–Crippen LogP) is 5.34. The average molecular weight is 577 g/mol. The van der Waals surface area contributed by atoms with E-state index in [1.165, 1.54) is 43.2 Å². The number of hydrogen-bond acceptors (Lipinski definition) is 6. The molecule has 4 bridgehead atoms. The summed E-state index contributed by atoms with van der Waals surface area (Å²) in [5.41, 5.74) is -0.278. The van der Waals surface area contributed by atoms with Gasteiger partial charge < -0.3 is 14.5 Å². The Morgan fingerprint density at radius 1 is 0.976 bits per heavy atom. The van der Waals surface area contributed by atoms with Gasteiger partial charge in [-0.3, -0.25) is 14.2 Å². The van der Waals surface area contributed by atoms with E-state index in [0.717, 1.165) is 31.4 Å². The van der Waals surface area contributed by atoms with Crippen molar-refractivity contribution in [2.45, 2.75) is 44.9 Å². The number of carbonyl (C=O) groups is 2. The number of Topliss-reactive ketones (excluding diaryl/α,β-unsaturated/α-hetero) is 1. The number of rotatable bonds is 5. The van der Waals surface area contributed by atoms with Gasteiger partial charge in [-0.25, -0.2) is 18.6 Å². The van der Waals surface area contributed by atoms with E-state index in [9.17, 15) is 18.8 Å². The molecule has 10 heteroatoms. The summed E-state index contributed by atoms with van der Waals surface area (Å²) in [6.45, 7) is 1.85. The van der Waals surface area contributed by atoms with Crippen LogP contribution in [0.15, 0.2) is 41.3 Å². The van der Waals surface area contributed by atoms with E-state index in [0.29, 0.717) is 56.2 Å². The standard InChI is InChI=1S/C32H34F2N4O4/c1-42-31(41)37-8-6-36(7-9-37)28-5-3-23-29(40)24(18-38(30(23)35-28)26-4-2-22(33)13-25(26)34)27(39)17-32-14-19-10-20(15-32)12-21(11-19)16-32/h2-5,13,18-21H,6-12,14-17H2,1H3. The van der Waals surface area contributed by atoms with Crippen molar-refractivity contribution in [2.24, 2.45) is 23.2 Å². The number of methoxy groups -OCH3 is 1. The lowest BCUT2D eigenvalue weighted by Gasteiger charge is -2.56. The quantitative estimate of drug-likeness (QED) is 0.381. The van der Waals surface area contributed by atoms with Gasteiger partial charge >= 0.3 is 6.09 Å². The maximum Gasteiger partial charge on any atom is 0.409 e.